The topological polar surface area (TPSA) is 92.6 Å². The van der Waals surface area contributed by atoms with Crippen LogP contribution in [0.3, 0.4) is 0 Å². The monoisotopic (exact) mass is 411 g/mol. The third kappa shape index (κ3) is 5.04. The molecule has 1 aliphatic rings. The lowest BCUT2D eigenvalue weighted by atomic mass is 9.98. The zero-order valence-electron chi connectivity index (χ0n) is 14.2. The van der Waals surface area contributed by atoms with Crippen molar-refractivity contribution in [3.05, 3.63) is 32.8 Å². The fraction of sp³-hybridized carbons (Fsp3) is 0.600. The van der Waals surface area contributed by atoms with E-state index < -0.39 is 14.9 Å². The van der Waals surface area contributed by atoms with E-state index in [9.17, 15) is 18.5 Å². The molecule has 0 saturated carbocycles. The largest absolute Gasteiger partial charge is 0.317 e. The van der Waals surface area contributed by atoms with Crippen LogP contribution in [0.5, 0.6) is 0 Å². The van der Waals surface area contributed by atoms with E-state index in [1.165, 1.54) is 16.4 Å². The second-order valence-electron chi connectivity index (χ2n) is 6.01. The molecule has 7 nitrogen and oxygen atoms in total. The molecule has 0 radical (unpaired) electrons. The summed E-state index contributed by atoms with van der Waals surface area (Å²) in [6, 6.07) is 2.68. The predicted molar refractivity (Wildman–Crippen MR) is 100 cm³/mol. The lowest BCUT2D eigenvalue weighted by Gasteiger charge is -2.31. The minimum Gasteiger partial charge on any atom is -0.317 e. The predicted octanol–water partition coefficient (Wildman–Crippen LogP) is 2.99. The molecule has 0 spiro atoms. The molecule has 10 heteroatoms. The van der Waals surface area contributed by atoms with Crippen molar-refractivity contribution in [3.8, 4) is 0 Å². The third-order valence-corrected chi connectivity index (χ3v) is 6.67. The SMILES string of the molecule is CCNCC1CCN(S(=O)(=O)c2cc(C)cc([N+](=O)[O-])c2Cl)CC1.Cl. The number of hydrogen-bond acceptors (Lipinski definition) is 5. The Morgan fingerprint density at radius 1 is 1.36 bits per heavy atom. The Hall–Kier alpha value is -0.930. The second-order valence-corrected chi connectivity index (χ2v) is 8.29. The number of benzene rings is 1. The van der Waals surface area contributed by atoms with Crippen LogP contribution in [-0.2, 0) is 10.0 Å². The highest BCUT2D eigenvalue weighted by atomic mass is 35.5. The summed E-state index contributed by atoms with van der Waals surface area (Å²) in [5.41, 5.74) is 0.115. The van der Waals surface area contributed by atoms with Crippen LogP contribution in [0.1, 0.15) is 25.3 Å². The molecule has 0 aliphatic carbocycles. The molecule has 1 N–H and O–H groups in total. The van der Waals surface area contributed by atoms with Gasteiger partial charge in [0.2, 0.25) is 10.0 Å². The number of halogens is 2. The van der Waals surface area contributed by atoms with Crippen LogP contribution in [0.2, 0.25) is 5.02 Å². The van der Waals surface area contributed by atoms with Crippen LogP contribution in [0, 0.1) is 23.0 Å². The van der Waals surface area contributed by atoms with E-state index in [2.05, 4.69) is 5.32 Å². The number of nitrogens with one attached hydrogen (secondary N) is 1. The first-order valence-electron chi connectivity index (χ1n) is 7.92. The molecule has 142 valence electrons. The Morgan fingerprint density at radius 2 is 1.96 bits per heavy atom. The molecule has 0 atom stereocenters. The third-order valence-electron chi connectivity index (χ3n) is 4.24. The summed E-state index contributed by atoms with van der Waals surface area (Å²) in [6.45, 7) is 6.21. The summed E-state index contributed by atoms with van der Waals surface area (Å²) in [6.07, 6.45) is 1.52. The van der Waals surface area contributed by atoms with Gasteiger partial charge in [-0.2, -0.15) is 4.31 Å². The van der Waals surface area contributed by atoms with E-state index in [0.29, 0.717) is 24.6 Å². The highest BCUT2D eigenvalue weighted by Crippen LogP contribution is 2.35. The minimum absolute atomic E-state index is 0. The summed E-state index contributed by atoms with van der Waals surface area (Å²) < 4.78 is 27.1. The Balaban J connectivity index is 0.00000312. The summed E-state index contributed by atoms with van der Waals surface area (Å²) in [4.78, 5) is 10.2. The zero-order chi connectivity index (χ0) is 17.9. The molecule has 25 heavy (non-hydrogen) atoms. The smallest absolute Gasteiger partial charge is 0.289 e. The van der Waals surface area contributed by atoms with Gasteiger partial charge < -0.3 is 5.32 Å². The van der Waals surface area contributed by atoms with Gasteiger partial charge in [-0.05, 0) is 50.4 Å². The van der Waals surface area contributed by atoms with Crippen LogP contribution in [0.15, 0.2) is 17.0 Å². The van der Waals surface area contributed by atoms with Gasteiger partial charge in [0.1, 0.15) is 9.92 Å². The summed E-state index contributed by atoms with van der Waals surface area (Å²) >= 11 is 6.02. The maximum atomic E-state index is 12.9. The Bertz CT molecular complexity index is 720. The van der Waals surface area contributed by atoms with Crippen molar-refractivity contribution >= 4 is 39.7 Å². The fourth-order valence-corrected chi connectivity index (χ4v) is 4.99. The standard InChI is InChI=1S/C15H22ClN3O4S.ClH/c1-3-17-10-12-4-6-18(7-5-12)24(22,23)14-9-11(2)8-13(15(14)16)19(20)21;/h8-9,12,17H,3-7,10H2,1-2H3;1H. The maximum Gasteiger partial charge on any atom is 0.289 e. The summed E-state index contributed by atoms with van der Waals surface area (Å²) in [7, 11) is -3.84. The Labute approximate surface area is 159 Å². The molecular weight excluding hydrogens is 389 g/mol. The number of nitro groups is 1. The van der Waals surface area contributed by atoms with E-state index >= 15 is 0 Å². The lowest BCUT2D eigenvalue weighted by Crippen LogP contribution is -2.40. The number of aryl methyl sites for hydroxylation is 1. The van der Waals surface area contributed by atoms with E-state index in [1.807, 2.05) is 6.92 Å². The van der Waals surface area contributed by atoms with Gasteiger partial charge in [-0.15, -0.1) is 12.4 Å². The van der Waals surface area contributed by atoms with Crippen LogP contribution in [0.4, 0.5) is 5.69 Å². The van der Waals surface area contributed by atoms with Crippen molar-refractivity contribution in [2.45, 2.75) is 31.6 Å². The van der Waals surface area contributed by atoms with Crippen LogP contribution >= 0.6 is 24.0 Å². The van der Waals surface area contributed by atoms with Gasteiger partial charge in [-0.3, -0.25) is 10.1 Å². The van der Waals surface area contributed by atoms with Crippen LogP contribution in [0.25, 0.3) is 0 Å². The number of rotatable bonds is 6. The molecule has 1 fully saturated rings. The first-order valence-corrected chi connectivity index (χ1v) is 9.74. The first-order chi connectivity index (χ1) is 11.3. The van der Waals surface area contributed by atoms with Gasteiger partial charge in [-0.25, -0.2) is 8.42 Å². The van der Waals surface area contributed by atoms with E-state index in [-0.39, 0.29) is 28.0 Å². The summed E-state index contributed by atoms with van der Waals surface area (Å²) in [5.74, 6) is 0.443. The lowest BCUT2D eigenvalue weighted by molar-refractivity contribution is -0.385. The number of hydrogen-bond donors (Lipinski definition) is 1. The maximum absolute atomic E-state index is 12.9. The van der Waals surface area contributed by atoms with Gasteiger partial charge in [0, 0.05) is 19.2 Å². The van der Waals surface area contributed by atoms with E-state index in [4.69, 9.17) is 11.6 Å². The van der Waals surface area contributed by atoms with Crippen molar-refractivity contribution in [3.63, 3.8) is 0 Å². The van der Waals surface area contributed by atoms with Gasteiger partial charge >= 0.3 is 0 Å². The summed E-state index contributed by atoms with van der Waals surface area (Å²) in [5, 5.41) is 14.0. The Kier molecular flexibility index (Phi) is 8.08. The van der Waals surface area contributed by atoms with Crippen LogP contribution in [-0.4, -0.2) is 43.8 Å². The molecule has 1 aliphatic heterocycles. The van der Waals surface area contributed by atoms with Gasteiger partial charge in [0.25, 0.3) is 5.69 Å². The number of nitrogens with zero attached hydrogens (tertiary/aromatic N) is 2. The number of nitro benzene ring substituents is 1. The van der Waals surface area contributed by atoms with Crippen molar-refractivity contribution in [2.75, 3.05) is 26.2 Å². The van der Waals surface area contributed by atoms with Crippen molar-refractivity contribution in [1.29, 1.82) is 0 Å². The zero-order valence-corrected chi connectivity index (χ0v) is 16.6. The van der Waals surface area contributed by atoms with E-state index in [1.54, 1.807) is 6.92 Å². The molecular formula is C15H23Cl2N3O4S. The molecule has 0 bridgehead atoms. The van der Waals surface area contributed by atoms with Gasteiger partial charge in [0.15, 0.2) is 0 Å². The average molecular weight is 412 g/mol. The van der Waals surface area contributed by atoms with E-state index in [0.717, 1.165) is 25.9 Å². The second kappa shape index (κ2) is 9.14. The minimum atomic E-state index is -3.84. The molecule has 2 rings (SSSR count). The molecule has 1 saturated heterocycles. The Morgan fingerprint density at radius 3 is 2.48 bits per heavy atom. The van der Waals surface area contributed by atoms with Gasteiger partial charge in [-0.1, -0.05) is 18.5 Å². The molecule has 1 heterocycles. The molecule has 1 aromatic carbocycles. The molecule has 1 aromatic rings. The van der Waals surface area contributed by atoms with Crippen molar-refractivity contribution < 1.29 is 13.3 Å². The number of sulfonamides is 1. The highest BCUT2D eigenvalue weighted by Gasteiger charge is 2.33. The fourth-order valence-electron chi connectivity index (χ4n) is 2.88. The normalized spacial score (nSPS) is 16.4. The average Bonchev–Trinajstić information content (AvgIpc) is 2.54. The molecule has 0 aromatic heterocycles. The first kappa shape index (κ1) is 22.1. The van der Waals surface area contributed by atoms with Crippen molar-refractivity contribution in [2.24, 2.45) is 5.92 Å². The van der Waals surface area contributed by atoms with Crippen molar-refractivity contribution in [1.82, 2.24) is 9.62 Å². The van der Waals surface area contributed by atoms with Gasteiger partial charge in [0.05, 0.1) is 4.92 Å². The quantitative estimate of drug-likeness (QED) is 0.573. The molecule has 0 unspecified atom stereocenters. The van der Waals surface area contributed by atoms with Crippen LogP contribution < -0.4 is 5.32 Å². The number of piperidine rings is 1. The highest BCUT2D eigenvalue weighted by molar-refractivity contribution is 7.89. The molecule has 0 amide bonds.